The number of hydrogen-bond acceptors (Lipinski definition) is 4. The van der Waals surface area contributed by atoms with Crippen LogP contribution >= 0.6 is 11.6 Å². The lowest BCUT2D eigenvalue weighted by atomic mass is 10.2. The molecule has 0 bridgehead atoms. The molecule has 0 aliphatic carbocycles. The second-order valence-electron chi connectivity index (χ2n) is 4.55. The van der Waals surface area contributed by atoms with E-state index in [9.17, 15) is 0 Å². The van der Waals surface area contributed by atoms with Gasteiger partial charge in [-0.1, -0.05) is 41.9 Å². The summed E-state index contributed by atoms with van der Waals surface area (Å²) >= 11 is 6.24. The largest absolute Gasteiger partial charge is 0.487 e. The minimum Gasteiger partial charge on any atom is -0.487 e. The van der Waals surface area contributed by atoms with Crippen molar-refractivity contribution < 1.29 is 4.74 Å². The highest BCUT2D eigenvalue weighted by Crippen LogP contribution is 2.25. The van der Waals surface area contributed by atoms with Crippen LogP contribution in [0.15, 0.2) is 66.3 Å². The van der Waals surface area contributed by atoms with Gasteiger partial charge in [-0.25, -0.2) is 4.68 Å². The van der Waals surface area contributed by atoms with Gasteiger partial charge in [0.2, 0.25) is 0 Å². The van der Waals surface area contributed by atoms with Gasteiger partial charge >= 0.3 is 0 Å². The fraction of sp³-hybridized carbons (Fsp3) is 0.0625. The number of hydrogen-bond donors (Lipinski definition) is 0. The van der Waals surface area contributed by atoms with Crippen LogP contribution in [0.3, 0.4) is 0 Å². The highest BCUT2D eigenvalue weighted by molar-refractivity contribution is 6.32. The Labute approximate surface area is 132 Å². The fourth-order valence-electron chi connectivity index (χ4n) is 1.84. The topological polar surface area (TPSA) is 52.3 Å². The van der Waals surface area contributed by atoms with Crippen LogP contribution in [-0.4, -0.2) is 21.1 Å². The van der Waals surface area contributed by atoms with Crippen LogP contribution in [0.2, 0.25) is 5.02 Å². The zero-order valence-electron chi connectivity index (χ0n) is 11.6. The summed E-state index contributed by atoms with van der Waals surface area (Å²) in [7, 11) is 0. The maximum atomic E-state index is 6.24. The van der Waals surface area contributed by atoms with Crippen LogP contribution < -0.4 is 4.74 Å². The minimum atomic E-state index is 0.481. The summed E-state index contributed by atoms with van der Waals surface area (Å²) in [5, 5.41) is 12.1. The second-order valence-corrected chi connectivity index (χ2v) is 4.96. The molecule has 22 heavy (non-hydrogen) atoms. The summed E-state index contributed by atoms with van der Waals surface area (Å²) < 4.78 is 7.23. The molecule has 0 N–H and O–H groups in total. The molecule has 0 saturated heterocycles. The van der Waals surface area contributed by atoms with Gasteiger partial charge in [-0.3, -0.25) is 0 Å². The Morgan fingerprint density at radius 3 is 2.59 bits per heavy atom. The molecule has 0 aliphatic rings. The molecule has 0 amide bonds. The molecule has 0 saturated carbocycles. The third kappa shape index (κ3) is 3.71. The van der Waals surface area contributed by atoms with Crippen molar-refractivity contribution in [1.82, 2.24) is 14.9 Å². The molecule has 110 valence electrons. The van der Waals surface area contributed by atoms with Crippen molar-refractivity contribution in [3.8, 4) is 5.75 Å². The van der Waals surface area contributed by atoms with Crippen LogP contribution in [0, 0.1) is 0 Å². The van der Waals surface area contributed by atoms with Gasteiger partial charge < -0.3 is 4.74 Å². The lowest BCUT2D eigenvalue weighted by molar-refractivity contribution is 0.306. The molecular weight excluding hydrogens is 300 g/mol. The summed E-state index contributed by atoms with van der Waals surface area (Å²) in [5.74, 6) is 0.645. The SMILES string of the molecule is Clc1cc(/C=N\n2cnnc2)ccc1OCc1ccccc1. The van der Waals surface area contributed by atoms with Crippen LogP contribution in [0.4, 0.5) is 0 Å². The molecule has 0 unspecified atom stereocenters. The molecule has 2 aromatic carbocycles. The molecule has 0 radical (unpaired) electrons. The summed E-state index contributed by atoms with van der Waals surface area (Å²) in [4.78, 5) is 0. The minimum absolute atomic E-state index is 0.481. The lowest BCUT2D eigenvalue weighted by Crippen LogP contribution is -1.96. The summed E-state index contributed by atoms with van der Waals surface area (Å²) in [5.41, 5.74) is 1.96. The van der Waals surface area contributed by atoms with Gasteiger partial charge in [-0.15, -0.1) is 10.2 Å². The molecule has 3 aromatic rings. The van der Waals surface area contributed by atoms with Crippen LogP contribution in [0.1, 0.15) is 11.1 Å². The zero-order valence-corrected chi connectivity index (χ0v) is 12.4. The van der Waals surface area contributed by atoms with E-state index in [1.165, 1.54) is 17.3 Å². The highest BCUT2D eigenvalue weighted by atomic mass is 35.5. The third-order valence-corrected chi connectivity index (χ3v) is 3.24. The van der Waals surface area contributed by atoms with E-state index in [2.05, 4.69) is 15.3 Å². The first-order valence-corrected chi connectivity index (χ1v) is 7.04. The first-order chi connectivity index (χ1) is 10.8. The Morgan fingerprint density at radius 2 is 1.86 bits per heavy atom. The van der Waals surface area contributed by atoms with Gasteiger partial charge in [0, 0.05) is 0 Å². The predicted octanol–water partition coefficient (Wildman–Crippen LogP) is 3.39. The van der Waals surface area contributed by atoms with Gasteiger partial charge in [0.1, 0.15) is 25.0 Å². The Kier molecular flexibility index (Phi) is 4.46. The van der Waals surface area contributed by atoms with E-state index in [4.69, 9.17) is 16.3 Å². The maximum absolute atomic E-state index is 6.24. The highest BCUT2D eigenvalue weighted by Gasteiger charge is 2.03. The first kappa shape index (κ1) is 14.3. The van der Waals surface area contributed by atoms with Gasteiger partial charge in [-0.05, 0) is 29.3 Å². The van der Waals surface area contributed by atoms with Crippen molar-refractivity contribution in [2.24, 2.45) is 5.10 Å². The van der Waals surface area contributed by atoms with E-state index in [0.717, 1.165) is 11.1 Å². The van der Waals surface area contributed by atoms with Crippen LogP contribution in [0.5, 0.6) is 5.75 Å². The molecule has 0 fully saturated rings. The Bertz CT molecular complexity index is 757. The smallest absolute Gasteiger partial charge is 0.141 e. The molecule has 0 atom stereocenters. The molecular formula is C16H13ClN4O. The quantitative estimate of drug-likeness (QED) is 0.679. The number of ether oxygens (including phenoxy) is 1. The monoisotopic (exact) mass is 312 g/mol. The van der Waals surface area contributed by atoms with Crippen molar-refractivity contribution in [1.29, 1.82) is 0 Å². The Balaban J connectivity index is 1.67. The molecule has 5 nitrogen and oxygen atoms in total. The van der Waals surface area contributed by atoms with Gasteiger partial charge in [-0.2, -0.15) is 5.10 Å². The number of rotatable bonds is 5. The fourth-order valence-corrected chi connectivity index (χ4v) is 2.08. The van der Waals surface area contributed by atoms with E-state index in [1.54, 1.807) is 12.3 Å². The van der Waals surface area contributed by atoms with E-state index in [-0.39, 0.29) is 0 Å². The summed E-state index contributed by atoms with van der Waals surface area (Å²) in [6.45, 7) is 0.481. The van der Waals surface area contributed by atoms with Gasteiger partial charge in [0.15, 0.2) is 0 Å². The third-order valence-electron chi connectivity index (χ3n) is 2.94. The summed E-state index contributed by atoms with van der Waals surface area (Å²) in [6, 6.07) is 15.5. The van der Waals surface area contributed by atoms with Crippen molar-refractivity contribution in [2.75, 3.05) is 0 Å². The van der Waals surface area contributed by atoms with E-state index in [0.29, 0.717) is 17.4 Å². The van der Waals surface area contributed by atoms with E-state index in [1.807, 2.05) is 42.5 Å². The Hall–Kier alpha value is -2.66. The average molecular weight is 313 g/mol. The van der Waals surface area contributed by atoms with E-state index < -0.39 is 0 Å². The molecule has 0 aliphatic heterocycles. The van der Waals surface area contributed by atoms with Crippen LogP contribution in [-0.2, 0) is 6.61 Å². The molecule has 6 heteroatoms. The molecule has 3 rings (SSSR count). The van der Waals surface area contributed by atoms with Gasteiger partial charge in [0.25, 0.3) is 0 Å². The lowest BCUT2D eigenvalue weighted by Gasteiger charge is -2.08. The number of benzene rings is 2. The second kappa shape index (κ2) is 6.87. The number of halogens is 1. The van der Waals surface area contributed by atoms with Crippen molar-refractivity contribution in [2.45, 2.75) is 6.61 Å². The van der Waals surface area contributed by atoms with Gasteiger partial charge in [0.05, 0.1) is 11.2 Å². The van der Waals surface area contributed by atoms with E-state index >= 15 is 0 Å². The number of aromatic nitrogens is 3. The zero-order chi connectivity index (χ0) is 15.2. The normalized spacial score (nSPS) is 11.0. The summed E-state index contributed by atoms with van der Waals surface area (Å²) in [6.07, 6.45) is 4.70. The molecule has 1 heterocycles. The first-order valence-electron chi connectivity index (χ1n) is 6.66. The molecule has 0 spiro atoms. The predicted molar refractivity (Wildman–Crippen MR) is 85.2 cm³/mol. The van der Waals surface area contributed by atoms with Crippen molar-refractivity contribution in [3.05, 3.63) is 77.3 Å². The van der Waals surface area contributed by atoms with Crippen molar-refractivity contribution in [3.63, 3.8) is 0 Å². The Morgan fingerprint density at radius 1 is 1.09 bits per heavy atom. The van der Waals surface area contributed by atoms with Crippen molar-refractivity contribution >= 4 is 17.8 Å². The number of nitrogens with zero attached hydrogens (tertiary/aromatic N) is 4. The average Bonchev–Trinajstić information content (AvgIpc) is 3.06. The maximum Gasteiger partial charge on any atom is 0.141 e. The standard InChI is InChI=1S/C16H13ClN4O/c17-15-8-14(9-20-21-11-18-19-12-21)6-7-16(15)22-10-13-4-2-1-3-5-13/h1-9,11-12H,10H2/b20-9-. The molecule has 1 aromatic heterocycles. The van der Waals surface area contributed by atoms with Crippen LogP contribution in [0.25, 0.3) is 0 Å².